The number of nitrogens with zero attached hydrogens (tertiary/aromatic N) is 3. The summed E-state index contributed by atoms with van der Waals surface area (Å²) in [5.74, 6) is -0.265. The van der Waals surface area contributed by atoms with Gasteiger partial charge in [0.05, 0.1) is 17.7 Å². The van der Waals surface area contributed by atoms with Crippen molar-refractivity contribution >= 4 is 29.0 Å². The smallest absolute Gasteiger partial charge is 0.321 e. The molecule has 4 rings (SSSR count). The van der Waals surface area contributed by atoms with Crippen LogP contribution in [0, 0.1) is 5.92 Å². The monoisotopic (exact) mass is 435 g/mol. The van der Waals surface area contributed by atoms with Gasteiger partial charge in [-0.05, 0) is 44.0 Å². The largest absolute Gasteiger partial charge is 0.347 e. The minimum absolute atomic E-state index is 0.0390. The van der Waals surface area contributed by atoms with E-state index in [4.69, 9.17) is 0 Å². The number of urea groups is 1. The second kappa shape index (κ2) is 9.70. The van der Waals surface area contributed by atoms with E-state index in [9.17, 15) is 9.59 Å². The van der Waals surface area contributed by atoms with E-state index in [0.717, 1.165) is 34.8 Å². The van der Waals surface area contributed by atoms with E-state index in [1.165, 1.54) is 11.3 Å². The number of piperidine rings is 1. The number of carbonyl (C=O) groups excluding carboxylic acids is 2. The number of amides is 3. The van der Waals surface area contributed by atoms with Crippen molar-refractivity contribution < 1.29 is 9.59 Å². The van der Waals surface area contributed by atoms with Gasteiger partial charge < -0.3 is 15.5 Å². The second-order valence-corrected chi connectivity index (χ2v) is 8.51. The normalized spacial score (nSPS) is 17.1. The zero-order valence-electron chi connectivity index (χ0n) is 17.3. The standard InChI is InChI=1S/C23H25N5O2S/c1-16(22-27-20(15-31-22)17-7-5-11-24-13-17)25-21(29)18-8-6-12-28(14-18)23(30)26-19-9-3-2-4-10-19/h2-5,7,9-11,13,15-16,18H,6,8,12,14H2,1H3,(H,25,29)(H,26,30). The quantitative estimate of drug-likeness (QED) is 0.625. The van der Waals surface area contributed by atoms with Crippen LogP contribution in [0.2, 0.25) is 0 Å². The molecule has 1 aliphatic rings. The Hall–Kier alpha value is -3.26. The highest BCUT2D eigenvalue weighted by atomic mass is 32.1. The topological polar surface area (TPSA) is 87.2 Å². The number of aromatic nitrogens is 2. The summed E-state index contributed by atoms with van der Waals surface area (Å²) in [6.07, 6.45) is 5.08. The van der Waals surface area contributed by atoms with E-state index < -0.39 is 0 Å². The molecule has 1 fully saturated rings. The fourth-order valence-electron chi connectivity index (χ4n) is 3.63. The minimum atomic E-state index is -0.226. The number of thiazole rings is 1. The molecule has 1 aliphatic heterocycles. The first-order chi connectivity index (χ1) is 15.1. The van der Waals surface area contributed by atoms with Crippen molar-refractivity contribution in [1.82, 2.24) is 20.2 Å². The average molecular weight is 436 g/mol. The van der Waals surface area contributed by atoms with E-state index in [-0.39, 0.29) is 23.9 Å². The summed E-state index contributed by atoms with van der Waals surface area (Å²) in [7, 11) is 0. The Labute approximate surface area is 185 Å². The minimum Gasteiger partial charge on any atom is -0.347 e. The predicted molar refractivity (Wildman–Crippen MR) is 122 cm³/mol. The number of pyridine rings is 1. The predicted octanol–water partition coefficient (Wildman–Crippen LogP) is 4.33. The highest BCUT2D eigenvalue weighted by molar-refractivity contribution is 7.10. The van der Waals surface area contributed by atoms with Gasteiger partial charge in [-0.1, -0.05) is 18.2 Å². The molecule has 3 amide bonds. The highest BCUT2D eigenvalue weighted by Crippen LogP contribution is 2.26. The number of hydrogen-bond donors (Lipinski definition) is 2. The second-order valence-electron chi connectivity index (χ2n) is 7.62. The molecule has 1 aromatic carbocycles. The molecule has 0 saturated carbocycles. The molecular weight excluding hydrogens is 410 g/mol. The summed E-state index contributed by atoms with van der Waals surface area (Å²) in [6, 6.07) is 12.8. The number of nitrogens with one attached hydrogen (secondary N) is 2. The van der Waals surface area contributed by atoms with Crippen molar-refractivity contribution in [2.75, 3.05) is 18.4 Å². The summed E-state index contributed by atoms with van der Waals surface area (Å²) in [4.78, 5) is 36.0. The Bertz CT molecular complexity index is 1020. The van der Waals surface area contributed by atoms with E-state index in [0.29, 0.717) is 13.1 Å². The van der Waals surface area contributed by atoms with Crippen LogP contribution in [0.3, 0.4) is 0 Å². The molecule has 0 radical (unpaired) electrons. The van der Waals surface area contributed by atoms with Crippen LogP contribution in [0.15, 0.2) is 60.2 Å². The van der Waals surface area contributed by atoms with Gasteiger partial charge in [0, 0.05) is 42.1 Å². The molecule has 2 N–H and O–H groups in total. The van der Waals surface area contributed by atoms with Gasteiger partial charge in [-0.2, -0.15) is 0 Å². The lowest BCUT2D eigenvalue weighted by atomic mass is 9.97. The Morgan fingerprint density at radius 3 is 2.81 bits per heavy atom. The summed E-state index contributed by atoms with van der Waals surface area (Å²) >= 11 is 1.52. The summed E-state index contributed by atoms with van der Waals surface area (Å²) in [5.41, 5.74) is 2.56. The molecular formula is C23H25N5O2S. The van der Waals surface area contributed by atoms with Gasteiger partial charge in [0.25, 0.3) is 0 Å². The molecule has 2 atom stereocenters. The number of anilines is 1. The van der Waals surface area contributed by atoms with Crippen molar-refractivity contribution in [3.8, 4) is 11.3 Å². The molecule has 160 valence electrons. The van der Waals surface area contributed by atoms with Crippen LogP contribution in [-0.4, -0.2) is 39.9 Å². The lowest BCUT2D eigenvalue weighted by molar-refractivity contribution is -0.126. The molecule has 31 heavy (non-hydrogen) atoms. The molecule has 2 aromatic heterocycles. The fourth-order valence-corrected chi connectivity index (χ4v) is 4.46. The number of para-hydroxylation sites is 1. The van der Waals surface area contributed by atoms with E-state index in [2.05, 4.69) is 20.6 Å². The third-order valence-electron chi connectivity index (χ3n) is 5.31. The third kappa shape index (κ3) is 5.27. The Balaban J connectivity index is 1.34. The molecule has 0 spiro atoms. The van der Waals surface area contributed by atoms with Crippen LogP contribution in [0.25, 0.3) is 11.3 Å². The number of benzene rings is 1. The number of carbonyl (C=O) groups is 2. The van der Waals surface area contributed by atoms with Crippen molar-refractivity contribution in [2.45, 2.75) is 25.8 Å². The molecule has 0 bridgehead atoms. The first-order valence-electron chi connectivity index (χ1n) is 10.4. The summed E-state index contributed by atoms with van der Waals surface area (Å²) < 4.78 is 0. The maximum Gasteiger partial charge on any atom is 0.321 e. The number of likely N-dealkylation sites (tertiary alicyclic amines) is 1. The van der Waals surface area contributed by atoms with Gasteiger partial charge >= 0.3 is 6.03 Å². The molecule has 3 heterocycles. The van der Waals surface area contributed by atoms with Crippen LogP contribution in [0.1, 0.15) is 30.8 Å². The van der Waals surface area contributed by atoms with E-state index in [1.807, 2.05) is 54.8 Å². The van der Waals surface area contributed by atoms with Gasteiger partial charge in [0.1, 0.15) is 5.01 Å². The van der Waals surface area contributed by atoms with Gasteiger partial charge in [0.15, 0.2) is 0 Å². The Kier molecular flexibility index (Phi) is 6.57. The Morgan fingerprint density at radius 2 is 2.03 bits per heavy atom. The van der Waals surface area contributed by atoms with Crippen LogP contribution in [0.4, 0.5) is 10.5 Å². The fraction of sp³-hybridized carbons (Fsp3) is 0.304. The molecule has 7 nitrogen and oxygen atoms in total. The first kappa shape index (κ1) is 21.0. The van der Waals surface area contributed by atoms with Crippen molar-refractivity contribution in [3.63, 3.8) is 0 Å². The maximum absolute atomic E-state index is 12.9. The van der Waals surface area contributed by atoms with Crippen LogP contribution in [0.5, 0.6) is 0 Å². The van der Waals surface area contributed by atoms with Crippen molar-refractivity contribution in [2.24, 2.45) is 5.92 Å². The van der Waals surface area contributed by atoms with Gasteiger partial charge in [-0.15, -0.1) is 11.3 Å². The summed E-state index contributed by atoms with van der Waals surface area (Å²) in [5, 5.41) is 8.80. The van der Waals surface area contributed by atoms with Crippen molar-refractivity contribution in [1.29, 1.82) is 0 Å². The molecule has 1 saturated heterocycles. The van der Waals surface area contributed by atoms with Crippen LogP contribution < -0.4 is 10.6 Å². The lowest BCUT2D eigenvalue weighted by Crippen LogP contribution is -2.47. The van der Waals surface area contributed by atoms with Gasteiger partial charge in [-0.25, -0.2) is 9.78 Å². The number of hydrogen-bond acceptors (Lipinski definition) is 5. The molecule has 3 aromatic rings. The van der Waals surface area contributed by atoms with E-state index >= 15 is 0 Å². The number of rotatable bonds is 5. The van der Waals surface area contributed by atoms with Crippen LogP contribution in [-0.2, 0) is 4.79 Å². The third-order valence-corrected chi connectivity index (χ3v) is 6.34. The van der Waals surface area contributed by atoms with Crippen LogP contribution >= 0.6 is 11.3 Å². The van der Waals surface area contributed by atoms with Gasteiger partial charge in [0.2, 0.25) is 5.91 Å². The zero-order valence-corrected chi connectivity index (χ0v) is 18.1. The maximum atomic E-state index is 12.9. The zero-order chi connectivity index (χ0) is 21.6. The molecule has 0 aliphatic carbocycles. The summed E-state index contributed by atoms with van der Waals surface area (Å²) in [6.45, 7) is 3.00. The van der Waals surface area contributed by atoms with Gasteiger partial charge in [-0.3, -0.25) is 9.78 Å². The molecule has 8 heteroatoms. The molecule has 2 unspecified atom stereocenters. The van der Waals surface area contributed by atoms with E-state index in [1.54, 1.807) is 17.3 Å². The lowest BCUT2D eigenvalue weighted by Gasteiger charge is -2.32. The Morgan fingerprint density at radius 1 is 1.19 bits per heavy atom. The van der Waals surface area contributed by atoms with Crippen molar-refractivity contribution in [3.05, 3.63) is 65.2 Å². The first-order valence-corrected chi connectivity index (χ1v) is 11.3. The highest BCUT2D eigenvalue weighted by Gasteiger charge is 2.29. The SMILES string of the molecule is CC(NC(=O)C1CCCN(C(=O)Nc2ccccc2)C1)c1nc(-c2cccnc2)cs1. The average Bonchev–Trinajstić information content (AvgIpc) is 3.31.